The van der Waals surface area contributed by atoms with Crippen LogP contribution in [0.4, 0.5) is 5.82 Å². The maximum atomic E-state index is 12.0. The zero-order valence-corrected chi connectivity index (χ0v) is 11.0. The van der Waals surface area contributed by atoms with Crippen LogP contribution < -0.4 is 10.6 Å². The van der Waals surface area contributed by atoms with Gasteiger partial charge in [-0.2, -0.15) is 0 Å². The Morgan fingerprint density at radius 1 is 1.44 bits per heavy atom. The monoisotopic (exact) mass is 251 g/mol. The molecule has 0 aromatic carbocycles. The van der Waals surface area contributed by atoms with E-state index in [1.807, 2.05) is 0 Å². The van der Waals surface area contributed by atoms with E-state index in [0.717, 1.165) is 19.4 Å². The van der Waals surface area contributed by atoms with E-state index in [-0.39, 0.29) is 5.91 Å². The maximum absolute atomic E-state index is 12.0. The van der Waals surface area contributed by atoms with Gasteiger partial charge in [-0.3, -0.25) is 4.79 Å². The molecule has 2 N–H and O–H groups in total. The number of amides is 1. The average molecular weight is 251 g/mol. The Kier molecular flexibility index (Phi) is 6.79. The zero-order chi connectivity index (χ0) is 13.2. The third kappa shape index (κ3) is 4.71. The summed E-state index contributed by atoms with van der Waals surface area (Å²) >= 11 is 0. The van der Waals surface area contributed by atoms with E-state index >= 15 is 0 Å². The van der Waals surface area contributed by atoms with Crippen molar-refractivity contribution in [1.29, 1.82) is 0 Å². The molecule has 0 unspecified atom stereocenters. The van der Waals surface area contributed by atoms with Crippen LogP contribution in [0.2, 0.25) is 0 Å². The predicted octanol–water partition coefficient (Wildman–Crippen LogP) is 1.67. The van der Waals surface area contributed by atoms with Crippen LogP contribution in [0.1, 0.15) is 30.1 Å². The average Bonchev–Trinajstić information content (AvgIpc) is 2.41. The molecule has 18 heavy (non-hydrogen) atoms. The van der Waals surface area contributed by atoms with Crippen molar-refractivity contribution >= 4 is 11.7 Å². The molecule has 0 aliphatic rings. The highest BCUT2D eigenvalue weighted by Crippen LogP contribution is 2.11. The van der Waals surface area contributed by atoms with Crippen LogP contribution in [0.25, 0.3) is 0 Å². The second-order valence-electron chi connectivity index (χ2n) is 3.93. The summed E-state index contributed by atoms with van der Waals surface area (Å²) in [6.45, 7) is 4.13. The van der Waals surface area contributed by atoms with Crippen molar-refractivity contribution in [3.63, 3.8) is 0 Å². The molecule has 0 atom stereocenters. The van der Waals surface area contributed by atoms with E-state index in [1.54, 1.807) is 25.4 Å². The molecule has 5 nitrogen and oxygen atoms in total. The Morgan fingerprint density at radius 3 is 3.00 bits per heavy atom. The molecule has 0 aliphatic carbocycles. The lowest BCUT2D eigenvalue weighted by Gasteiger charge is -2.10. The molecule has 1 heterocycles. The lowest BCUT2D eigenvalue weighted by atomic mass is 10.2. The number of carbonyl (C=O) groups is 1. The summed E-state index contributed by atoms with van der Waals surface area (Å²) in [4.78, 5) is 16.1. The maximum Gasteiger partial charge on any atom is 0.255 e. The molecular formula is C13H21N3O2. The minimum atomic E-state index is -0.0993. The molecule has 1 rings (SSSR count). The van der Waals surface area contributed by atoms with Crippen LogP contribution >= 0.6 is 0 Å². The van der Waals surface area contributed by atoms with Crippen LogP contribution in [0.3, 0.4) is 0 Å². The van der Waals surface area contributed by atoms with E-state index in [0.29, 0.717) is 24.5 Å². The third-order valence-corrected chi connectivity index (χ3v) is 2.41. The van der Waals surface area contributed by atoms with Crippen molar-refractivity contribution in [3.8, 4) is 0 Å². The molecule has 0 spiro atoms. The van der Waals surface area contributed by atoms with Crippen molar-refractivity contribution in [2.45, 2.75) is 19.8 Å². The Bertz CT molecular complexity index is 369. The normalized spacial score (nSPS) is 10.1. The number of ether oxygens (including phenoxy) is 1. The van der Waals surface area contributed by atoms with Gasteiger partial charge in [-0.1, -0.05) is 6.92 Å². The van der Waals surface area contributed by atoms with Crippen LogP contribution in [-0.4, -0.2) is 37.7 Å². The van der Waals surface area contributed by atoms with E-state index in [1.165, 1.54) is 0 Å². The number of aromatic nitrogens is 1. The summed E-state index contributed by atoms with van der Waals surface area (Å²) in [5, 5.41) is 6.00. The summed E-state index contributed by atoms with van der Waals surface area (Å²) in [5.74, 6) is 0.543. The first-order valence-corrected chi connectivity index (χ1v) is 6.25. The number of hydrogen-bond acceptors (Lipinski definition) is 4. The number of pyridine rings is 1. The van der Waals surface area contributed by atoms with E-state index < -0.39 is 0 Å². The molecular weight excluding hydrogens is 230 g/mol. The molecule has 1 amide bonds. The molecule has 1 aromatic rings. The lowest BCUT2D eigenvalue weighted by Crippen LogP contribution is -2.26. The summed E-state index contributed by atoms with van der Waals surface area (Å²) in [7, 11) is 1.65. The van der Waals surface area contributed by atoms with Gasteiger partial charge in [-0.15, -0.1) is 0 Å². The molecule has 0 fully saturated rings. The number of methoxy groups -OCH3 is 1. The van der Waals surface area contributed by atoms with Crippen molar-refractivity contribution in [1.82, 2.24) is 10.3 Å². The first-order chi connectivity index (χ1) is 8.79. The fraction of sp³-hybridized carbons (Fsp3) is 0.538. The van der Waals surface area contributed by atoms with E-state index in [9.17, 15) is 4.79 Å². The van der Waals surface area contributed by atoms with Crippen LogP contribution in [0, 0.1) is 0 Å². The van der Waals surface area contributed by atoms with Gasteiger partial charge in [0.05, 0.1) is 5.56 Å². The van der Waals surface area contributed by atoms with Gasteiger partial charge in [0.15, 0.2) is 0 Å². The molecule has 0 saturated carbocycles. The summed E-state index contributed by atoms with van der Waals surface area (Å²) in [5.41, 5.74) is 0.586. The highest BCUT2D eigenvalue weighted by atomic mass is 16.5. The van der Waals surface area contributed by atoms with Crippen molar-refractivity contribution < 1.29 is 9.53 Å². The van der Waals surface area contributed by atoms with E-state index in [2.05, 4.69) is 22.5 Å². The summed E-state index contributed by atoms with van der Waals surface area (Å²) < 4.78 is 4.93. The minimum Gasteiger partial charge on any atom is -0.385 e. The van der Waals surface area contributed by atoms with Gasteiger partial charge in [0.2, 0.25) is 0 Å². The van der Waals surface area contributed by atoms with Crippen LogP contribution in [-0.2, 0) is 4.74 Å². The minimum absolute atomic E-state index is 0.0993. The molecule has 5 heteroatoms. The third-order valence-electron chi connectivity index (χ3n) is 2.41. The molecule has 0 aliphatic heterocycles. The Balaban J connectivity index is 2.55. The van der Waals surface area contributed by atoms with E-state index in [4.69, 9.17) is 4.74 Å². The van der Waals surface area contributed by atoms with Crippen molar-refractivity contribution in [2.24, 2.45) is 0 Å². The summed E-state index contributed by atoms with van der Waals surface area (Å²) in [6, 6.07) is 3.54. The quantitative estimate of drug-likeness (QED) is 0.690. The van der Waals surface area contributed by atoms with Gasteiger partial charge in [-0.25, -0.2) is 4.98 Å². The second kappa shape index (κ2) is 8.47. The number of nitrogens with one attached hydrogen (secondary N) is 2. The fourth-order valence-corrected chi connectivity index (χ4v) is 1.49. The van der Waals surface area contributed by atoms with Gasteiger partial charge in [0, 0.05) is 33.0 Å². The Hall–Kier alpha value is -1.62. The first kappa shape index (κ1) is 14.4. The second-order valence-corrected chi connectivity index (χ2v) is 3.93. The molecule has 0 bridgehead atoms. The number of carbonyl (C=O) groups excluding carboxylic acids is 1. The SMILES string of the molecule is CCCNc1ncccc1C(=O)NCCCOC. The molecule has 100 valence electrons. The topological polar surface area (TPSA) is 63.2 Å². The van der Waals surface area contributed by atoms with Crippen molar-refractivity contribution in [2.75, 3.05) is 32.1 Å². The van der Waals surface area contributed by atoms with Gasteiger partial charge in [0.1, 0.15) is 5.82 Å². The highest BCUT2D eigenvalue weighted by Gasteiger charge is 2.10. The number of rotatable bonds is 8. The van der Waals surface area contributed by atoms with Gasteiger partial charge in [-0.05, 0) is 25.0 Å². The largest absolute Gasteiger partial charge is 0.385 e. The van der Waals surface area contributed by atoms with Crippen molar-refractivity contribution in [3.05, 3.63) is 23.9 Å². The number of anilines is 1. The van der Waals surface area contributed by atoms with Crippen LogP contribution in [0.15, 0.2) is 18.3 Å². The number of hydrogen-bond donors (Lipinski definition) is 2. The molecule has 0 radical (unpaired) electrons. The first-order valence-electron chi connectivity index (χ1n) is 6.25. The fourth-order valence-electron chi connectivity index (χ4n) is 1.49. The lowest BCUT2D eigenvalue weighted by molar-refractivity contribution is 0.0949. The zero-order valence-electron chi connectivity index (χ0n) is 11.0. The van der Waals surface area contributed by atoms with Crippen LogP contribution in [0.5, 0.6) is 0 Å². The Morgan fingerprint density at radius 2 is 2.28 bits per heavy atom. The predicted molar refractivity (Wildman–Crippen MR) is 71.8 cm³/mol. The van der Waals surface area contributed by atoms with Gasteiger partial charge in [0.25, 0.3) is 5.91 Å². The Labute approximate surface area is 108 Å². The molecule has 0 saturated heterocycles. The van der Waals surface area contributed by atoms with Gasteiger partial charge >= 0.3 is 0 Å². The van der Waals surface area contributed by atoms with Gasteiger partial charge < -0.3 is 15.4 Å². The summed E-state index contributed by atoms with van der Waals surface area (Å²) in [6.07, 6.45) is 3.48. The standard InChI is InChI=1S/C13H21N3O2/c1-3-7-14-12-11(6-4-8-15-12)13(17)16-9-5-10-18-2/h4,6,8H,3,5,7,9-10H2,1-2H3,(H,14,15)(H,16,17). The smallest absolute Gasteiger partial charge is 0.255 e. The highest BCUT2D eigenvalue weighted by molar-refractivity contribution is 5.98. The number of nitrogens with zero attached hydrogens (tertiary/aromatic N) is 1. The molecule has 1 aromatic heterocycles.